The molecule has 4 heteroatoms. The number of benzene rings is 1. The summed E-state index contributed by atoms with van der Waals surface area (Å²) >= 11 is 9.28. The summed E-state index contributed by atoms with van der Waals surface area (Å²) in [6.45, 7) is 3.89. The Morgan fingerprint density at radius 2 is 2.20 bits per heavy atom. The number of halogens is 2. The highest BCUT2D eigenvalue weighted by Gasteiger charge is 2.18. The van der Waals surface area contributed by atoms with Crippen molar-refractivity contribution in [1.82, 2.24) is 0 Å². The molecule has 0 aliphatic rings. The van der Waals surface area contributed by atoms with Gasteiger partial charge in [-0.2, -0.15) is 0 Å². The van der Waals surface area contributed by atoms with Crippen LogP contribution in [0.5, 0.6) is 5.75 Å². The second kappa shape index (κ2) is 5.19. The smallest absolute Gasteiger partial charge is 0.138 e. The Balaban J connectivity index is 2.66. The van der Waals surface area contributed by atoms with Crippen molar-refractivity contribution in [2.75, 3.05) is 6.61 Å². The molecule has 1 N–H and O–H groups in total. The molecule has 0 amide bonds. The molecular formula is C11H14BrClO2. The van der Waals surface area contributed by atoms with Gasteiger partial charge in [-0.1, -0.05) is 34.5 Å². The second-order valence-electron chi connectivity index (χ2n) is 3.71. The van der Waals surface area contributed by atoms with Crippen molar-refractivity contribution < 1.29 is 9.84 Å². The number of ether oxygens (including phenoxy) is 1. The predicted octanol–water partition coefficient (Wildman–Crippen LogP) is 3.64. The van der Waals surface area contributed by atoms with Crippen LogP contribution in [0.15, 0.2) is 22.7 Å². The van der Waals surface area contributed by atoms with Crippen molar-refractivity contribution in [1.29, 1.82) is 0 Å². The molecule has 0 aliphatic heterocycles. The van der Waals surface area contributed by atoms with Crippen molar-refractivity contribution in [3.05, 3.63) is 27.7 Å². The second-order valence-corrected chi connectivity index (χ2v) is 5.04. The third-order valence-corrected chi connectivity index (χ3v) is 2.98. The highest BCUT2D eigenvalue weighted by atomic mass is 79.9. The van der Waals surface area contributed by atoms with Gasteiger partial charge in [-0.25, -0.2) is 0 Å². The van der Waals surface area contributed by atoms with E-state index in [-0.39, 0.29) is 6.61 Å². The van der Waals surface area contributed by atoms with E-state index < -0.39 is 5.60 Å². The third-order valence-electron chi connectivity index (χ3n) is 2.19. The fraction of sp³-hybridized carbons (Fsp3) is 0.455. The van der Waals surface area contributed by atoms with E-state index >= 15 is 0 Å². The zero-order chi connectivity index (χ0) is 11.5. The van der Waals surface area contributed by atoms with Gasteiger partial charge < -0.3 is 9.84 Å². The van der Waals surface area contributed by atoms with Gasteiger partial charge in [-0.3, -0.25) is 0 Å². The van der Waals surface area contributed by atoms with Crippen LogP contribution in [0.25, 0.3) is 0 Å². The summed E-state index contributed by atoms with van der Waals surface area (Å²) in [4.78, 5) is 0. The molecule has 1 atom stereocenters. The zero-order valence-electron chi connectivity index (χ0n) is 8.76. The van der Waals surface area contributed by atoms with E-state index in [1.165, 1.54) is 0 Å². The van der Waals surface area contributed by atoms with E-state index in [0.717, 1.165) is 4.47 Å². The van der Waals surface area contributed by atoms with E-state index in [2.05, 4.69) is 15.9 Å². The highest BCUT2D eigenvalue weighted by Crippen LogP contribution is 2.28. The van der Waals surface area contributed by atoms with Crippen LogP contribution in [-0.2, 0) is 0 Å². The van der Waals surface area contributed by atoms with Crippen LogP contribution in [-0.4, -0.2) is 17.3 Å². The minimum absolute atomic E-state index is 0.241. The van der Waals surface area contributed by atoms with Crippen LogP contribution in [0.3, 0.4) is 0 Å². The van der Waals surface area contributed by atoms with Crippen LogP contribution in [0, 0.1) is 0 Å². The Kier molecular flexibility index (Phi) is 4.44. The molecule has 0 aliphatic carbocycles. The summed E-state index contributed by atoms with van der Waals surface area (Å²) in [6.07, 6.45) is 0.640. The number of aliphatic hydroxyl groups is 1. The Hall–Kier alpha value is -0.250. The van der Waals surface area contributed by atoms with E-state index in [1.54, 1.807) is 19.1 Å². The Morgan fingerprint density at radius 3 is 2.73 bits per heavy atom. The normalized spacial score (nSPS) is 14.7. The van der Waals surface area contributed by atoms with E-state index in [1.807, 2.05) is 13.0 Å². The van der Waals surface area contributed by atoms with Crippen molar-refractivity contribution in [2.24, 2.45) is 0 Å². The average molecular weight is 294 g/mol. The largest absolute Gasteiger partial charge is 0.489 e. The van der Waals surface area contributed by atoms with Gasteiger partial charge in [0.1, 0.15) is 12.4 Å². The molecule has 84 valence electrons. The standard InChI is InChI=1S/C11H14BrClO2/c1-3-11(2,14)7-15-10-5-4-8(12)6-9(10)13/h4-6,14H,3,7H2,1-2H3. The molecule has 15 heavy (non-hydrogen) atoms. The Morgan fingerprint density at radius 1 is 1.53 bits per heavy atom. The number of hydrogen-bond acceptors (Lipinski definition) is 2. The summed E-state index contributed by atoms with van der Waals surface area (Å²) in [7, 11) is 0. The molecule has 0 bridgehead atoms. The lowest BCUT2D eigenvalue weighted by Crippen LogP contribution is -2.31. The van der Waals surface area contributed by atoms with Crippen molar-refractivity contribution in [3.63, 3.8) is 0 Å². The van der Waals surface area contributed by atoms with Gasteiger partial charge in [0.05, 0.1) is 10.6 Å². The average Bonchev–Trinajstić information content (AvgIpc) is 2.16. The van der Waals surface area contributed by atoms with Gasteiger partial charge >= 0.3 is 0 Å². The molecule has 2 nitrogen and oxygen atoms in total. The molecule has 0 fully saturated rings. The van der Waals surface area contributed by atoms with Crippen LogP contribution >= 0.6 is 27.5 Å². The first-order valence-electron chi connectivity index (χ1n) is 4.75. The first-order valence-corrected chi connectivity index (χ1v) is 5.92. The minimum Gasteiger partial charge on any atom is -0.489 e. The molecule has 0 saturated carbocycles. The third kappa shape index (κ3) is 4.01. The van der Waals surface area contributed by atoms with Gasteiger partial charge in [0.15, 0.2) is 0 Å². The lowest BCUT2D eigenvalue weighted by Gasteiger charge is -2.21. The lowest BCUT2D eigenvalue weighted by atomic mass is 10.1. The molecule has 0 aromatic heterocycles. The van der Waals surface area contributed by atoms with Crippen molar-refractivity contribution >= 4 is 27.5 Å². The van der Waals surface area contributed by atoms with E-state index in [4.69, 9.17) is 16.3 Å². The number of rotatable bonds is 4. The maximum Gasteiger partial charge on any atom is 0.138 e. The molecule has 1 aromatic rings. The van der Waals surface area contributed by atoms with Crippen LogP contribution in [0.1, 0.15) is 20.3 Å². The summed E-state index contributed by atoms with van der Waals surface area (Å²) < 4.78 is 6.35. The van der Waals surface area contributed by atoms with Gasteiger partial charge in [-0.15, -0.1) is 0 Å². The molecule has 1 aromatic carbocycles. The summed E-state index contributed by atoms with van der Waals surface area (Å²) in [6, 6.07) is 5.39. The maximum atomic E-state index is 9.75. The predicted molar refractivity (Wildman–Crippen MR) is 65.6 cm³/mol. The van der Waals surface area contributed by atoms with E-state index in [9.17, 15) is 5.11 Å². The first kappa shape index (κ1) is 12.8. The van der Waals surface area contributed by atoms with Gasteiger partial charge in [-0.05, 0) is 31.5 Å². The summed E-state index contributed by atoms with van der Waals surface area (Å²) in [5.74, 6) is 0.591. The monoisotopic (exact) mass is 292 g/mol. The molecule has 0 radical (unpaired) electrons. The Bertz CT molecular complexity index is 339. The van der Waals surface area contributed by atoms with Crippen LogP contribution in [0.2, 0.25) is 5.02 Å². The van der Waals surface area contributed by atoms with Gasteiger partial charge in [0.25, 0.3) is 0 Å². The van der Waals surface area contributed by atoms with Crippen LogP contribution in [0.4, 0.5) is 0 Å². The molecule has 1 rings (SSSR count). The van der Waals surface area contributed by atoms with Gasteiger partial charge in [0, 0.05) is 4.47 Å². The zero-order valence-corrected chi connectivity index (χ0v) is 11.1. The first-order chi connectivity index (χ1) is 6.94. The van der Waals surface area contributed by atoms with Crippen LogP contribution < -0.4 is 4.74 Å². The molecule has 0 spiro atoms. The Labute approximate surface area is 103 Å². The maximum absolute atomic E-state index is 9.75. The molecule has 0 heterocycles. The fourth-order valence-corrected chi connectivity index (χ4v) is 1.66. The molecule has 1 unspecified atom stereocenters. The lowest BCUT2D eigenvalue weighted by molar-refractivity contribution is 0.00850. The fourth-order valence-electron chi connectivity index (χ4n) is 0.928. The minimum atomic E-state index is -0.809. The van der Waals surface area contributed by atoms with E-state index in [0.29, 0.717) is 17.2 Å². The van der Waals surface area contributed by atoms with Crippen molar-refractivity contribution in [2.45, 2.75) is 25.9 Å². The topological polar surface area (TPSA) is 29.5 Å². The SMILES string of the molecule is CCC(C)(O)COc1ccc(Br)cc1Cl. The highest BCUT2D eigenvalue weighted by molar-refractivity contribution is 9.10. The molecular weight excluding hydrogens is 279 g/mol. The van der Waals surface area contributed by atoms with Crippen molar-refractivity contribution in [3.8, 4) is 5.75 Å². The summed E-state index contributed by atoms with van der Waals surface area (Å²) in [5.41, 5.74) is -0.809. The molecule has 0 saturated heterocycles. The number of hydrogen-bond donors (Lipinski definition) is 1. The summed E-state index contributed by atoms with van der Waals surface area (Å²) in [5, 5.41) is 10.3. The van der Waals surface area contributed by atoms with Gasteiger partial charge in [0.2, 0.25) is 0 Å². The quantitative estimate of drug-likeness (QED) is 0.918.